The Balaban J connectivity index is 1.36. The molecule has 0 unspecified atom stereocenters. The van der Waals surface area contributed by atoms with E-state index < -0.39 is 0 Å². The van der Waals surface area contributed by atoms with Crippen molar-refractivity contribution in [3.63, 3.8) is 0 Å². The Hall–Kier alpha value is -6.53. The molecule has 0 amide bonds. The molecule has 4 heterocycles. The van der Waals surface area contributed by atoms with Crippen LogP contribution in [-0.2, 0) is 6.54 Å². The van der Waals surface area contributed by atoms with E-state index in [9.17, 15) is 0 Å². The zero-order chi connectivity index (χ0) is 31.6. The molecule has 9 aromatic rings. The molecule has 0 fully saturated rings. The van der Waals surface area contributed by atoms with Crippen LogP contribution in [-0.4, -0.2) is 24.9 Å². The molecule has 0 bridgehead atoms. The molecule has 6 aromatic carbocycles. The van der Waals surface area contributed by atoms with Gasteiger partial charge in [-0.15, -0.1) is 0 Å². The summed E-state index contributed by atoms with van der Waals surface area (Å²) in [6, 6.07) is 52.9. The minimum atomic E-state index is 0.577. The first-order valence-electron chi connectivity index (χ1n) is 16.2. The van der Waals surface area contributed by atoms with Crippen LogP contribution in [0.15, 0.2) is 157 Å². The number of benzene rings is 6. The van der Waals surface area contributed by atoms with Crippen LogP contribution in [0.3, 0.4) is 0 Å². The highest BCUT2D eigenvalue weighted by Gasteiger charge is 2.26. The Labute approximate surface area is 276 Å². The van der Waals surface area contributed by atoms with E-state index in [1.165, 1.54) is 10.8 Å². The maximum Gasteiger partial charge on any atom is 0.237 e. The monoisotopic (exact) mass is 616 g/mol. The summed E-state index contributed by atoms with van der Waals surface area (Å²) in [6.07, 6.45) is 0. The average molecular weight is 617 g/mol. The highest BCUT2D eigenvalue weighted by Crippen LogP contribution is 2.42. The van der Waals surface area contributed by atoms with E-state index in [-0.39, 0.29) is 0 Å². The van der Waals surface area contributed by atoms with Gasteiger partial charge in [-0.05, 0) is 24.3 Å². The summed E-state index contributed by atoms with van der Waals surface area (Å²) in [5.41, 5.74) is 9.40. The average Bonchev–Trinajstić information content (AvgIpc) is 3.68. The first-order chi connectivity index (χ1) is 23.8. The van der Waals surface area contributed by atoms with Gasteiger partial charge in [0, 0.05) is 50.5 Å². The summed E-state index contributed by atoms with van der Waals surface area (Å²) in [5.74, 6) is 2.08. The fourth-order valence-corrected chi connectivity index (χ4v) is 7.28. The molecule has 0 spiro atoms. The van der Waals surface area contributed by atoms with Crippen LogP contribution in [0.1, 0.15) is 11.1 Å². The lowest BCUT2D eigenvalue weighted by Gasteiger charge is -2.21. The van der Waals surface area contributed by atoms with E-state index in [2.05, 4.69) is 142 Å². The summed E-state index contributed by atoms with van der Waals surface area (Å²) in [4.78, 5) is 15.8. The molecular weight excluding hydrogens is 589 g/mol. The van der Waals surface area contributed by atoms with Crippen molar-refractivity contribution in [3.05, 3.63) is 163 Å². The van der Waals surface area contributed by atoms with Crippen LogP contribution in [0.5, 0.6) is 0 Å². The zero-order valence-electron chi connectivity index (χ0n) is 25.9. The summed E-state index contributed by atoms with van der Waals surface area (Å²) in [5, 5.41) is 8.22. The molecule has 0 saturated carbocycles. The SMILES string of the molecule is c1ccc(C2=Nc3nc(-n4c5ccccc5c5ccc6c7ccccc7n(-c7ccccc7)c6c54)nc(-c4ccccc4)c3CN2)cc1. The third-order valence-corrected chi connectivity index (χ3v) is 9.40. The van der Waals surface area contributed by atoms with Crippen molar-refractivity contribution < 1.29 is 0 Å². The van der Waals surface area contributed by atoms with Gasteiger partial charge in [-0.25, -0.2) is 9.98 Å². The quantitative estimate of drug-likeness (QED) is 0.214. The van der Waals surface area contributed by atoms with Gasteiger partial charge in [0.15, 0.2) is 5.82 Å². The van der Waals surface area contributed by atoms with Gasteiger partial charge in [-0.1, -0.05) is 127 Å². The van der Waals surface area contributed by atoms with Crippen molar-refractivity contribution in [1.82, 2.24) is 24.4 Å². The normalized spacial score (nSPS) is 12.8. The minimum Gasteiger partial charge on any atom is -0.365 e. The molecule has 3 aromatic heterocycles. The molecule has 10 rings (SSSR count). The van der Waals surface area contributed by atoms with E-state index in [4.69, 9.17) is 15.0 Å². The van der Waals surface area contributed by atoms with Gasteiger partial charge >= 0.3 is 0 Å². The number of amidine groups is 1. The van der Waals surface area contributed by atoms with Gasteiger partial charge in [0.2, 0.25) is 5.95 Å². The Bertz CT molecular complexity index is 2710. The molecule has 6 nitrogen and oxygen atoms in total. The molecule has 0 atom stereocenters. The predicted octanol–water partition coefficient (Wildman–Crippen LogP) is 9.52. The van der Waals surface area contributed by atoms with E-state index >= 15 is 0 Å². The number of fused-ring (bicyclic) bond motifs is 8. The molecule has 6 heteroatoms. The lowest BCUT2D eigenvalue weighted by molar-refractivity contribution is 0.857. The van der Waals surface area contributed by atoms with Crippen LogP contribution in [0.4, 0.5) is 5.82 Å². The highest BCUT2D eigenvalue weighted by atomic mass is 15.2. The van der Waals surface area contributed by atoms with Crippen molar-refractivity contribution in [2.75, 3.05) is 0 Å². The molecule has 1 N–H and O–H groups in total. The number of para-hydroxylation sites is 3. The van der Waals surface area contributed by atoms with E-state index in [0.29, 0.717) is 18.3 Å². The smallest absolute Gasteiger partial charge is 0.237 e. The Kier molecular flexibility index (Phi) is 5.84. The van der Waals surface area contributed by atoms with Crippen LogP contribution >= 0.6 is 0 Å². The zero-order valence-corrected chi connectivity index (χ0v) is 25.9. The third-order valence-electron chi connectivity index (χ3n) is 9.40. The molecule has 0 saturated heterocycles. The Morgan fingerprint density at radius 2 is 1.02 bits per heavy atom. The fraction of sp³-hybridized carbons (Fsp3) is 0.0238. The van der Waals surface area contributed by atoms with Crippen molar-refractivity contribution in [1.29, 1.82) is 0 Å². The molecule has 0 aliphatic carbocycles. The van der Waals surface area contributed by atoms with Crippen LogP contribution in [0.2, 0.25) is 0 Å². The maximum atomic E-state index is 5.39. The van der Waals surface area contributed by atoms with Gasteiger partial charge in [0.05, 0.1) is 27.8 Å². The number of nitrogens with one attached hydrogen (secondary N) is 1. The number of rotatable bonds is 4. The standard InChI is InChI=1S/C42H28N6/c1-4-14-27(15-5-1)37-34-26-43-40(28-16-6-2-7-17-28)45-41(34)46-42(44-37)48-36-23-13-11-21-31(36)33-25-24-32-30-20-10-12-22-35(30)47(38(32)39(33)48)29-18-8-3-9-19-29/h1-25H,26H2,(H,43,44,45,46). The van der Waals surface area contributed by atoms with Crippen LogP contribution < -0.4 is 5.32 Å². The van der Waals surface area contributed by atoms with Gasteiger partial charge < -0.3 is 9.88 Å². The van der Waals surface area contributed by atoms with Crippen molar-refractivity contribution in [2.24, 2.45) is 4.99 Å². The second-order valence-corrected chi connectivity index (χ2v) is 12.1. The lowest BCUT2D eigenvalue weighted by Crippen LogP contribution is -2.28. The molecule has 1 aliphatic heterocycles. The minimum absolute atomic E-state index is 0.577. The first-order valence-corrected chi connectivity index (χ1v) is 16.2. The summed E-state index contributed by atoms with van der Waals surface area (Å²) >= 11 is 0. The molecule has 226 valence electrons. The van der Waals surface area contributed by atoms with Gasteiger partial charge in [0.1, 0.15) is 5.84 Å². The van der Waals surface area contributed by atoms with E-state index in [1.807, 2.05) is 24.3 Å². The lowest BCUT2D eigenvalue weighted by atomic mass is 10.0. The summed E-state index contributed by atoms with van der Waals surface area (Å²) in [7, 11) is 0. The summed E-state index contributed by atoms with van der Waals surface area (Å²) < 4.78 is 4.63. The van der Waals surface area contributed by atoms with Crippen molar-refractivity contribution in [2.45, 2.75) is 6.54 Å². The number of hydrogen-bond acceptors (Lipinski definition) is 4. The fourth-order valence-electron chi connectivity index (χ4n) is 7.28. The molecule has 48 heavy (non-hydrogen) atoms. The second kappa shape index (κ2) is 10.5. The number of aliphatic imine (C=N–C) groups is 1. The predicted molar refractivity (Wildman–Crippen MR) is 196 cm³/mol. The Morgan fingerprint density at radius 1 is 0.479 bits per heavy atom. The molecule has 0 radical (unpaired) electrons. The van der Waals surface area contributed by atoms with Gasteiger partial charge in [0.25, 0.3) is 0 Å². The van der Waals surface area contributed by atoms with Gasteiger partial charge in [-0.3, -0.25) is 4.57 Å². The van der Waals surface area contributed by atoms with Crippen LogP contribution in [0.25, 0.3) is 66.5 Å². The van der Waals surface area contributed by atoms with Gasteiger partial charge in [-0.2, -0.15) is 4.98 Å². The molecular formula is C42H28N6. The first kappa shape index (κ1) is 26.7. The molecule has 1 aliphatic rings. The third kappa shape index (κ3) is 3.96. The van der Waals surface area contributed by atoms with E-state index in [0.717, 1.165) is 66.7 Å². The Morgan fingerprint density at radius 3 is 1.69 bits per heavy atom. The highest BCUT2D eigenvalue weighted by molar-refractivity contribution is 6.23. The largest absolute Gasteiger partial charge is 0.365 e. The number of aromatic nitrogens is 4. The number of hydrogen-bond donors (Lipinski definition) is 1. The number of nitrogens with zero attached hydrogens (tertiary/aromatic N) is 5. The van der Waals surface area contributed by atoms with Crippen molar-refractivity contribution >= 4 is 55.3 Å². The topological polar surface area (TPSA) is 60.0 Å². The van der Waals surface area contributed by atoms with Crippen LogP contribution in [0, 0.1) is 0 Å². The van der Waals surface area contributed by atoms with Crippen molar-refractivity contribution in [3.8, 4) is 22.9 Å². The van der Waals surface area contributed by atoms with E-state index in [1.54, 1.807) is 0 Å². The maximum absolute atomic E-state index is 5.39. The summed E-state index contributed by atoms with van der Waals surface area (Å²) in [6.45, 7) is 0.577. The second-order valence-electron chi connectivity index (χ2n) is 12.1.